The molecule has 0 aliphatic carbocycles. The first-order valence-corrected chi connectivity index (χ1v) is 12.3. The number of likely N-dealkylation sites (tertiary alicyclic amines) is 1. The van der Waals surface area contributed by atoms with Gasteiger partial charge in [0.25, 0.3) is 11.8 Å². The minimum atomic E-state index is -5.08. The molecule has 214 valence electrons. The zero-order chi connectivity index (χ0) is 28.9. The third kappa shape index (κ3) is 6.45. The summed E-state index contributed by atoms with van der Waals surface area (Å²) in [6.45, 7) is 1.76. The van der Waals surface area contributed by atoms with Crippen LogP contribution >= 0.6 is 0 Å². The highest BCUT2D eigenvalue weighted by atomic mass is 19.4. The number of ether oxygens (including phenoxy) is 2. The van der Waals surface area contributed by atoms with E-state index in [1.807, 2.05) is 35.0 Å². The van der Waals surface area contributed by atoms with Crippen LogP contribution < -0.4 is 10.1 Å². The lowest BCUT2D eigenvalue weighted by atomic mass is 9.88. The molecule has 1 aromatic carbocycles. The van der Waals surface area contributed by atoms with E-state index >= 15 is 0 Å². The molecule has 3 aromatic rings. The third-order valence-corrected chi connectivity index (χ3v) is 6.58. The number of hydrogen-bond donors (Lipinski definition) is 2. The van der Waals surface area contributed by atoms with Gasteiger partial charge in [0.2, 0.25) is 0 Å². The van der Waals surface area contributed by atoms with Crippen molar-refractivity contribution in [3.63, 3.8) is 0 Å². The monoisotopic (exact) mass is 564 g/mol. The van der Waals surface area contributed by atoms with Crippen LogP contribution in [-0.4, -0.2) is 69.8 Å². The van der Waals surface area contributed by atoms with E-state index in [0.717, 1.165) is 17.1 Å². The van der Waals surface area contributed by atoms with Gasteiger partial charge in [0.15, 0.2) is 11.9 Å². The molecule has 0 radical (unpaired) electrons. The molecule has 0 saturated carbocycles. The number of rotatable bonds is 5. The summed E-state index contributed by atoms with van der Waals surface area (Å²) in [6.07, 6.45) is 0.477. The van der Waals surface area contributed by atoms with Gasteiger partial charge in [-0.25, -0.2) is 9.78 Å². The number of nitrogens with zero attached hydrogens (tertiary/aromatic N) is 3. The Labute approximate surface area is 226 Å². The molecule has 2 aliphatic heterocycles. The molecule has 1 unspecified atom stereocenters. The summed E-state index contributed by atoms with van der Waals surface area (Å²) < 4.78 is 50.7. The molecule has 2 aromatic heterocycles. The largest absolute Gasteiger partial charge is 0.497 e. The van der Waals surface area contributed by atoms with Gasteiger partial charge in [-0.2, -0.15) is 13.2 Å². The van der Waals surface area contributed by atoms with Crippen molar-refractivity contribution in [3.05, 3.63) is 72.2 Å². The van der Waals surface area contributed by atoms with Crippen molar-refractivity contribution in [1.29, 1.82) is 0 Å². The second kappa shape index (κ2) is 11.8. The lowest BCUT2D eigenvalue weighted by Crippen LogP contribution is -2.54. The van der Waals surface area contributed by atoms with Crippen LogP contribution in [0.5, 0.6) is 5.75 Å². The van der Waals surface area contributed by atoms with Crippen molar-refractivity contribution in [2.75, 3.05) is 20.2 Å². The number of aliphatic carboxylic acids is 1. The molecule has 40 heavy (non-hydrogen) atoms. The quantitative estimate of drug-likeness (QED) is 0.483. The van der Waals surface area contributed by atoms with Crippen LogP contribution in [0.3, 0.4) is 0 Å². The number of benzene rings is 1. The number of halogens is 3. The molecule has 4 heterocycles. The first kappa shape index (κ1) is 28.7. The van der Waals surface area contributed by atoms with Crippen LogP contribution in [-0.2, 0) is 33.0 Å². The van der Waals surface area contributed by atoms with Gasteiger partial charge in [0.1, 0.15) is 17.2 Å². The molecule has 1 fully saturated rings. The number of carbonyl (C=O) groups is 3. The van der Waals surface area contributed by atoms with Gasteiger partial charge in [-0.15, -0.1) is 0 Å². The van der Waals surface area contributed by atoms with Crippen molar-refractivity contribution in [2.24, 2.45) is 0 Å². The number of alkyl halides is 3. The second-order valence-electron chi connectivity index (χ2n) is 9.15. The number of methoxy groups -OCH3 is 1. The zero-order valence-electron chi connectivity index (χ0n) is 21.4. The summed E-state index contributed by atoms with van der Waals surface area (Å²) in [5.41, 5.74) is 0.237. The molecule has 0 bridgehead atoms. The number of amides is 2. The van der Waals surface area contributed by atoms with E-state index in [2.05, 4.69) is 10.3 Å². The van der Waals surface area contributed by atoms with Crippen molar-refractivity contribution in [3.8, 4) is 5.75 Å². The van der Waals surface area contributed by atoms with Crippen LogP contribution in [0.15, 0.2) is 59.5 Å². The first-order chi connectivity index (χ1) is 19.0. The van der Waals surface area contributed by atoms with Gasteiger partial charge in [-0.3, -0.25) is 9.59 Å². The number of carbonyl (C=O) groups excluding carboxylic acids is 2. The summed E-state index contributed by atoms with van der Waals surface area (Å²) in [6, 6.07) is 11.0. The summed E-state index contributed by atoms with van der Waals surface area (Å²) >= 11 is 0. The smallest absolute Gasteiger partial charge is 0.490 e. The number of carboxylic acids is 1. The van der Waals surface area contributed by atoms with E-state index in [1.165, 1.54) is 6.26 Å². The summed E-state index contributed by atoms with van der Waals surface area (Å²) in [7, 11) is 1.61. The molecule has 14 heteroatoms. The highest BCUT2D eigenvalue weighted by molar-refractivity contribution is 5.91. The van der Waals surface area contributed by atoms with Gasteiger partial charge >= 0.3 is 12.1 Å². The number of hydrogen-bond acceptors (Lipinski definition) is 7. The van der Waals surface area contributed by atoms with Crippen molar-refractivity contribution < 1.29 is 46.6 Å². The van der Waals surface area contributed by atoms with Crippen molar-refractivity contribution in [1.82, 2.24) is 19.8 Å². The highest BCUT2D eigenvalue weighted by Gasteiger charge is 2.47. The van der Waals surface area contributed by atoms with Gasteiger partial charge in [0, 0.05) is 44.9 Å². The number of imidazole rings is 1. The Morgan fingerprint density at radius 3 is 2.55 bits per heavy atom. The summed E-state index contributed by atoms with van der Waals surface area (Å²) in [4.78, 5) is 40.9. The van der Waals surface area contributed by atoms with Crippen molar-refractivity contribution >= 4 is 17.8 Å². The number of aromatic nitrogens is 2. The van der Waals surface area contributed by atoms with Crippen LogP contribution in [0.25, 0.3) is 0 Å². The first-order valence-electron chi connectivity index (χ1n) is 12.3. The maximum Gasteiger partial charge on any atom is 0.490 e. The number of furan rings is 1. The standard InChI is InChI=1S/C24H26N4O5.C2HF3O2/c1-31-18-5-2-4-17(14-18)15-26-21(29)20-16-28-12-9-25-23(28)24(33-20)7-10-27(11-8-24)22(30)19-6-3-13-32-19;3-2(4,5)1(6)7/h2-6,9,12-14,20H,7-8,10-11,15-16H2,1H3,(H,26,29);(H,6,7). The number of piperidine rings is 1. The van der Waals surface area contributed by atoms with Gasteiger partial charge in [-0.1, -0.05) is 12.1 Å². The van der Waals surface area contributed by atoms with E-state index in [4.69, 9.17) is 23.8 Å². The molecule has 2 N–H and O–H groups in total. The number of carboxylic acid groups (broad SMARTS) is 1. The maximum atomic E-state index is 13.0. The zero-order valence-corrected chi connectivity index (χ0v) is 21.4. The van der Waals surface area contributed by atoms with Crippen LogP contribution in [0.2, 0.25) is 0 Å². The minimum Gasteiger partial charge on any atom is -0.497 e. The minimum absolute atomic E-state index is 0.137. The topological polar surface area (TPSA) is 136 Å². The van der Waals surface area contributed by atoms with E-state index in [9.17, 15) is 22.8 Å². The molecule has 11 nitrogen and oxygen atoms in total. The van der Waals surface area contributed by atoms with E-state index in [0.29, 0.717) is 44.8 Å². The molecular weight excluding hydrogens is 537 g/mol. The SMILES string of the molecule is COc1cccc(CNC(=O)C2Cn3ccnc3C3(CCN(C(=O)c4ccco4)CC3)O2)c1.O=C(O)C(F)(F)F. The highest BCUT2D eigenvalue weighted by Crippen LogP contribution is 2.40. The van der Waals surface area contributed by atoms with Crippen LogP contribution in [0.1, 0.15) is 34.8 Å². The Kier molecular flexibility index (Phi) is 8.47. The molecule has 1 saturated heterocycles. The molecule has 1 spiro atoms. The Bertz CT molecular complexity index is 1330. The molecule has 1 atom stereocenters. The average molecular weight is 565 g/mol. The Hall–Kier alpha value is -4.33. The van der Waals surface area contributed by atoms with Gasteiger partial charge < -0.3 is 33.8 Å². The predicted octanol–water partition coefficient (Wildman–Crippen LogP) is 2.96. The van der Waals surface area contributed by atoms with Gasteiger partial charge in [-0.05, 0) is 29.8 Å². The summed E-state index contributed by atoms with van der Waals surface area (Å²) in [5.74, 6) is -1.19. The van der Waals surface area contributed by atoms with Crippen molar-refractivity contribution in [2.45, 2.75) is 43.8 Å². The van der Waals surface area contributed by atoms with Crippen LogP contribution in [0.4, 0.5) is 13.2 Å². The molecular formula is C26H27F3N4O7. The average Bonchev–Trinajstić information content (AvgIpc) is 3.65. The van der Waals surface area contributed by atoms with Crippen LogP contribution in [0, 0.1) is 0 Å². The molecule has 2 amide bonds. The number of fused-ring (bicyclic) bond motifs is 2. The predicted molar refractivity (Wildman–Crippen MR) is 131 cm³/mol. The second-order valence-corrected chi connectivity index (χ2v) is 9.15. The third-order valence-electron chi connectivity index (χ3n) is 6.58. The molecule has 5 rings (SSSR count). The molecule has 2 aliphatic rings. The fraction of sp³-hybridized carbons (Fsp3) is 0.385. The fourth-order valence-corrected chi connectivity index (χ4v) is 4.59. The van der Waals surface area contributed by atoms with Gasteiger partial charge in [0.05, 0.1) is 19.9 Å². The van der Waals surface area contributed by atoms with E-state index in [1.54, 1.807) is 30.3 Å². The fourth-order valence-electron chi connectivity index (χ4n) is 4.59. The van der Waals surface area contributed by atoms with E-state index in [-0.39, 0.29) is 11.8 Å². The Morgan fingerprint density at radius 2 is 1.93 bits per heavy atom. The maximum absolute atomic E-state index is 13.0. The summed E-state index contributed by atoms with van der Waals surface area (Å²) in [5, 5.41) is 10.1. The number of nitrogens with one attached hydrogen (secondary N) is 1. The lowest BCUT2D eigenvalue weighted by Gasteiger charge is -2.45. The normalized spacial score (nSPS) is 17.8. The van der Waals surface area contributed by atoms with E-state index < -0.39 is 23.9 Å². The lowest BCUT2D eigenvalue weighted by molar-refractivity contribution is -0.192. The Balaban J connectivity index is 0.000000470. The Morgan fingerprint density at radius 1 is 1.20 bits per heavy atom.